The Morgan fingerprint density at radius 2 is 1.96 bits per heavy atom. The lowest BCUT2D eigenvalue weighted by Gasteiger charge is -2.18. The van der Waals surface area contributed by atoms with Crippen LogP contribution in [0.15, 0.2) is 47.5 Å². The molecule has 0 bridgehead atoms. The van der Waals surface area contributed by atoms with Crippen LogP contribution in [0.3, 0.4) is 0 Å². The van der Waals surface area contributed by atoms with E-state index in [2.05, 4.69) is 10.1 Å². The van der Waals surface area contributed by atoms with Crippen LogP contribution < -0.4 is 5.43 Å². The van der Waals surface area contributed by atoms with Gasteiger partial charge in [0.25, 0.3) is 5.91 Å². The van der Waals surface area contributed by atoms with Crippen molar-refractivity contribution in [2.75, 3.05) is 13.1 Å². The number of H-pyrrole nitrogens is 1. The van der Waals surface area contributed by atoms with E-state index in [1.54, 1.807) is 11.4 Å². The zero-order chi connectivity index (χ0) is 19.4. The molecule has 0 spiro atoms. The van der Waals surface area contributed by atoms with Gasteiger partial charge in [-0.3, -0.25) is 19.5 Å². The lowest BCUT2D eigenvalue weighted by molar-refractivity contribution is -0.137. The van der Waals surface area contributed by atoms with Crippen LogP contribution in [-0.4, -0.2) is 49.6 Å². The fraction of sp³-hybridized carbons (Fsp3) is 0.263. The summed E-state index contributed by atoms with van der Waals surface area (Å²) in [4.78, 5) is 41.6. The molecular formula is C19H20N4O4. The van der Waals surface area contributed by atoms with Gasteiger partial charge in [0.15, 0.2) is 11.1 Å². The number of rotatable bonds is 7. The van der Waals surface area contributed by atoms with E-state index in [0.717, 1.165) is 16.9 Å². The number of likely N-dealkylation sites (N-methyl/N-ethyl adjacent to an activating group) is 1. The monoisotopic (exact) mass is 368 g/mol. The maximum Gasteiger partial charge on any atom is 0.323 e. The van der Waals surface area contributed by atoms with Crippen molar-refractivity contribution >= 4 is 17.5 Å². The van der Waals surface area contributed by atoms with Crippen molar-refractivity contribution in [1.82, 2.24) is 19.5 Å². The largest absolute Gasteiger partial charge is 0.480 e. The van der Waals surface area contributed by atoms with Crippen LogP contribution in [0.1, 0.15) is 28.5 Å². The van der Waals surface area contributed by atoms with E-state index in [1.807, 2.05) is 30.3 Å². The maximum absolute atomic E-state index is 12.7. The third-order valence-electron chi connectivity index (χ3n) is 4.36. The molecule has 0 fully saturated rings. The Bertz CT molecular complexity index is 1020. The summed E-state index contributed by atoms with van der Waals surface area (Å²) < 4.78 is 1.60. The summed E-state index contributed by atoms with van der Waals surface area (Å²) in [5.74, 6) is -1.77. The van der Waals surface area contributed by atoms with Crippen LogP contribution in [0.5, 0.6) is 0 Å². The van der Waals surface area contributed by atoms with Crippen molar-refractivity contribution in [2.24, 2.45) is 0 Å². The Labute approximate surface area is 155 Å². The number of carbonyl (C=O) groups excluding carboxylic acids is 1. The molecule has 1 aromatic carbocycles. The van der Waals surface area contributed by atoms with Gasteiger partial charge in [0, 0.05) is 18.3 Å². The van der Waals surface area contributed by atoms with Gasteiger partial charge < -0.3 is 10.0 Å². The summed E-state index contributed by atoms with van der Waals surface area (Å²) in [5, 5.41) is 11.9. The molecule has 1 amide bonds. The van der Waals surface area contributed by atoms with Crippen molar-refractivity contribution in [3.05, 3.63) is 69.8 Å². The summed E-state index contributed by atoms with van der Waals surface area (Å²) >= 11 is 0. The number of carboxylic acid groups (broad SMARTS) is 1. The zero-order valence-electron chi connectivity index (χ0n) is 14.9. The summed E-state index contributed by atoms with van der Waals surface area (Å²) in [7, 11) is 0. The first kappa shape index (κ1) is 18.4. The second-order valence-electron chi connectivity index (χ2n) is 6.12. The number of hydrogen-bond donors (Lipinski definition) is 2. The van der Waals surface area contributed by atoms with Gasteiger partial charge in [0.1, 0.15) is 18.4 Å². The van der Waals surface area contributed by atoms with E-state index in [-0.39, 0.29) is 17.8 Å². The van der Waals surface area contributed by atoms with E-state index in [0.29, 0.717) is 12.1 Å². The number of aromatic amines is 1. The average Bonchev–Trinajstić information content (AvgIpc) is 3.14. The zero-order valence-corrected chi connectivity index (χ0v) is 14.9. The molecule has 0 radical (unpaired) electrons. The van der Waals surface area contributed by atoms with Crippen LogP contribution in [0, 0.1) is 0 Å². The number of aromatic nitrogens is 3. The van der Waals surface area contributed by atoms with E-state index >= 15 is 0 Å². The number of benzene rings is 1. The molecule has 140 valence electrons. The SMILES string of the molecule is CCN(CC(=O)O)C(=O)c1c(=O)cc(CCc2ccccc2)n2[nH]cnc12. The minimum Gasteiger partial charge on any atom is -0.480 e. The summed E-state index contributed by atoms with van der Waals surface area (Å²) in [6, 6.07) is 11.3. The van der Waals surface area contributed by atoms with Crippen LogP contribution in [0.2, 0.25) is 0 Å². The van der Waals surface area contributed by atoms with E-state index < -0.39 is 23.9 Å². The van der Waals surface area contributed by atoms with Crippen LogP contribution in [0.25, 0.3) is 5.65 Å². The Morgan fingerprint density at radius 3 is 2.63 bits per heavy atom. The lowest BCUT2D eigenvalue weighted by atomic mass is 10.1. The number of fused-ring (bicyclic) bond motifs is 1. The van der Waals surface area contributed by atoms with Gasteiger partial charge in [0.05, 0.1) is 0 Å². The number of nitrogens with zero attached hydrogens (tertiary/aromatic N) is 3. The number of pyridine rings is 1. The molecule has 8 nitrogen and oxygen atoms in total. The molecule has 0 aliphatic rings. The molecule has 8 heteroatoms. The summed E-state index contributed by atoms with van der Waals surface area (Å²) in [6.07, 6.45) is 2.73. The Morgan fingerprint density at radius 1 is 1.22 bits per heavy atom. The highest BCUT2D eigenvalue weighted by molar-refractivity contribution is 6.00. The van der Waals surface area contributed by atoms with Crippen molar-refractivity contribution in [2.45, 2.75) is 19.8 Å². The van der Waals surface area contributed by atoms with Gasteiger partial charge >= 0.3 is 5.97 Å². The van der Waals surface area contributed by atoms with Gasteiger partial charge in [0.2, 0.25) is 0 Å². The Hall–Kier alpha value is -3.42. The number of amides is 1. The summed E-state index contributed by atoms with van der Waals surface area (Å²) in [6.45, 7) is 1.37. The van der Waals surface area contributed by atoms with Crippen molar-refractivity contribution < 1.29 is 14.7 Å². The van der Waals surface area contributed by atoms with Crippen molar-refractivity contribution in [1.29, 1.82) is 0 Å². The van der Waals surface area contributed by atoms with Crippen LogP contribution >= 0.6 is 0 Å². The molecule has 0 atom stereocenters. The molecule has 0 saturated heterocycles. The van der Waals surface area contributed by atoms with E-state index in [1.165, 1.54) is 12.4 Å². The predicted octanol–water partition coefficient (Wildman–Crippen LogP) is 1.35. The molecule has 3 aromatic rings. The Balaban J connectivity index is 1.96. The standard InChI is InChI=1S/C19H20N4O4/c1-2-22(11-16(25)26)19(27)17-15(24)10-14(23-18(17)20-12-21-23)9-8-13-6-4-3-5-7-13/h3-7,10,12H,2,8-9,11H2,1H3,(H,20,21)(H,25,26). The highest BCUT2D eigenvalue weighted by Gasteiger charge is 2.24. The van der Waals surface area contributed by atoms with Crippen LogP contribution in [0.4, 0.5) is 0 Å². The van der Waals surface area contributed by atoms with Gasteiger partial charge in [-0.2, -0.15) is 0 Å². The maximum atomic E-state index is 12.7. The second-order valence-corrected chi connectivity index (χ2v) is 6.12. The minimum atomic E-state index is -1.14. The molecule has 3 rings (SSSR count). The van der Waals surface area contributed by atoms with Crippen LogP contribution in [-0.2, 0) is 17.6 Å². The van der Waals surface area contributed by atoms with Crippen molar-refractivity contribution in [3.63, 3.8) is 0 Å². The van der Waals surface area contributed by atoms with Gasteiger partial charge in [-0.25, -0.2) is 9.50 Å². The number of nitrogens with one attached hydrogen (secondary N) is 1. The topological polar surface area (TPSA) is 108 Å². The first-order valence-electron chi connectivity index (χ1n) is 8.64. The molecule has 27 heavy (non-hydrogen) atoms. The number of carbonyl (C=O) groups is 2. The smallest absolute Gasteiger partial charge is 0.323 e. The predicted molar refractivity (Wildman–Crippen MR) is 98.9 cm³/mol. The fourth-order valence-corrected chi connectivity index (χ4v) is 3.01. The highest BCUT2D eigenvalue weighted by Crippen LogP contribution is 2.12. The highest BCUT2D eigenvalue weighted by atomic mass is 16.4. The third kappa shape index (κ3) is 3.89. The van der Waals surface area contributed by atoms with Crippen molar-refractivity contribution in [3.8, 4) is 0 Å². The van der Waals surface area contributed by atoms with E-state index in [9.17, 15) is 14.4 Å². The van der Waals surface area contributed by atoms with Gasteiger partial charge in [-0.1, -0.05) is 30.3 Å². The number of aliphatic carboxylic acids is 1. The second kappa shape index (κ2) is 7.86. The number of aryl methyl sites for hydroxylation is 2. The Kier molecular flexibility index (Phi) is 5.35. The molecule has 2 aromatic heterocycles. The summed E-state index contributed by atoms with van der Waals surface area (Å²) in [5.41, 5.74) is 1.47. The minimum absolute atomic E-state index is 0.122. The normalized spacial score (nSPS) is 10.9. The van der Waals surface area contributed by atoms with E-state index in [4.69, 9.17) is 5.11 Å². The van der Waals surface area contributed by atoms with Gasteiger partial charge in [-0.15, -0.1) is 0 Å². The quantitative estimate of drug-likeness (QED) is 0.655. The molecule has 0 aliphatic heterocycles. The fourth-order valence-electron chi connectivity index (χ4n) is 3.01. The first-order chi connectivity index (χ1) is 13.0. The molecule has 2 N–H and O–H groups in total. The molecule has 0 saturated carbocycles. The number of hydrogen-bond acceptors (Lipinski definition) is 4. The molecule has 0 unspecified atom stereocenters. The molecule has 2 heterocycles. The lowest BCUT2D eigenvalue weighted by Crippen LogP contribution is -2.38. The van der Waals surface area contributed by atoms with Gasteiger partial charge in [-0.05, 0) is 25.3 Å². The number of carboxylic acids is 1. The average molecular weight is 368 g/mol. The third-order valence-corrected chi connectivity index (χ3v) is 4.36. The molecular weight excluding hydrogens is 348 g/mol. The first-order valence-corrected chi connectivity index (χ1v) is 8.64. The molecule has 0 aliphatic carbocycles.